The van der Waals surface area contributed by atoms with E-state index in [4.69, 9.17) is 4.74 Å². The molecule has 0 atom stereocenters. The molecule has 0 aliphatic heterocycles. The van der Waals surface area contributed by atoms with Crippen molar-refractivity contribution >= 4 is 22.6 Å². The summed E-state index contributed by atoms with van der Waals surface area (Å²) in [6.45, 7) is 3.69. The Hall–Kier alpha value is -2.49. The molecule has 4 nitrogen and oxygen atoms in total. The molecule has 0 saturated carbocycles. The lowest BCUT2D eigenvalue weighted by Gasteiger charge is -2.11. The van der Waals surface area contributed by atoms with Crippen LogP contribution in [0.25, 0.3) is 11.1 Å². The van der Waals surface area contributed by atoms with Gasteiger partial charge in [0.25, 0.3) is 0 Å². The third-order valence-corrected chi connectivity index (χ3v) is 5.24. The Balaban J connectivity index is 1.79. The van der Waals surface area contributed by atoms with Crippen molar-refractivity contribution in [3.8, 4) is 28.4 Å². The summed E-state index contributed by atoms with van der Waals surface area (Å²) in [4.78, 5) is 15.8. The highest BCUT2D eigenvalue weighted by molar-refractivity contribution is 14.1. The van der Waals surface area contributed by atoms with Gasteiger partial charge in [0.1, 0.15) is 17.2 Å². The molecule has 8 heteroatoms. The minimum absolute atomic E-state index is 0.0386. The Morgan fingerprint density at radius 2 is 1.36 bits per heavy atom. The molecule has 3 rings (SSSR count). The van der Waals surface area contributed by atoms with Gasteiger partial charge in [-0.1, -0.05) is 12.1 Å². The van der Waals surface area contributed by atoms with Gasteiger partial charge in [0, 0.05) is 17.0 Å². The van der Waals surface area contributed by atoms with Gasteiger partial charge < -0.3 is 14.5 Å². The van der Waals surface area contributed by atoms with Gasteiger partial charge >= 0.3 is 6.36 Å². The second-order valence-corrected chi connectivity index (χ2v) is 7.12. The van der Waals surface area contributed by atoms with Gasteiger partial charge in [0.2, 0.25) is 5.43 Å². The number of aryl methyl sites for hydroxylation is 2. The number of hydrogen-bond donors (Lipinski definition) is 1. The maximum absolute atomic E-state index is 12.6. The minimum atomic E-state index is -4.73. The fraction of sp³-hybridized carbons (Fsp3) is 0.150. The number of rotatable bonds is 4. The van der Waals surface area contributed by atoms with E-state index in [9.17, 15) is 18.0 Å². The highest BCUT2D eigenvalue weighted by Gasteiger charge is 2.31. The average molecular weight is 501 g/mol. The summed E-state index contributed by atoms with van der Waals surface area (Å²) in [6.07, 6.45) is -4.73. The molecule has 0 aliphatic carbocycles. The van der Waals surface area contributed by atoms with Gasteiger partial charge in [-0.15, -0.1) is 13.2 Å². The summed E-state index contributed by atoms with van der Waals surface area (Å²) in [5, 5.41) is 0. The quantitative estimate of drug-likeness (QED) is 0.450. The molecular weight excluding hydrogens is 486 g/mol. The number of aromatic nitrogens is 1. The Bertz CT molecular complexity index is 1040. The predicted molar refractivity (Wildman–Crippen MR) is 108 cm³/mol. The first kappa shape index (κ1) is 20.2. The zero-order valence-electron chi connectivity index (χ0n) is 14.9. The monoisotopic (exact) mass is 501 g/mol. The Morgan fingerprint density at radius 3 is 1.89 bits per heavy atom. The van der Waals surface area contributed by atoms with Crippen molar-refractivity contribution in [2.75, 3.05) is 0 Å². The largest absolute Gasteiger partial charge is 0.573 e. The van der Waals surface area contributed by atoms with Crippen LogP contribution in [0, 0.1) is 17.4 Å². The van der Waals surface area contributed by atoms with E-state index in [2.05, 4.69) is 9.72 Å². The van der Waals surface area contributed by atoms with Crippen LogP contribution in [0.3, 0.4) is 0 Å². The Morgan fingerprint density at radius 1 is 0.857 bits per heavy atom. The van der Waals surface area contributed by atoms with Crippen molar-refractivity contribution in [2.45, 2.75) is 20.2 Å². The van der Waals surface area contributed by atoms with Crippen molar-refractivity contribution < 1.29 is 22.6 Å². The number of alkyl halides is 3. The van der Waals surface area contributed by atoms with Crippen molar-refractivity contribution in [1.29, 1.82) is 0 Å². The van der Waals surface area contributed by atoms with Crippen LogP contribution in [0.5, 0.6) is 17.2 Å². The lowest BCUT2D eigenvalue weighted by molar-refractivity contribution is -0.274. The van der Waals surface area contributed by atoms with Crippen LogP contribution in [0.4, 0.5) is 13.2 Å². The second kappa shape index (κ2) is 7.86. The topological polar surface area (TPSA) is 51.3 Å². The predicted octanol–water partition coefficient (Wildman–Crippen LogP) is 5.95. The molecule has 0 aliphatic rings. The molecule has 0 spiro atoms. The lowest BCUT2D eigenvalue weighted by Crippen LogP contribution is -2.16. The minimum Gasteiger partial charge on any atom is -0.457 e. The SMILES string of the molecule is Cc1[nH]c(C)c(-c2ccc(Oc3ccc(OC(F)(F)F)cc3)cc2)c(=O)c1I. The highest BCUT2D eigenvalue weighted by Crippen LogP contribution is 2.29. The zero-order chi connectivity index (χ0) is 20.5. The maximum Gasteiger partial charge on any atom is 0.573 e. The number of pyridine rings is 1. The molecule has 1 N–H and O–H groups in total. The first-order chi connectivity index (χ1) is 13.1. The highest BCUT2D eigenvalue weighted by atomic mass is 127. The van der Waals surface area contributed by atoms with Gasteiger partial charge in [-0.05, 0) is 78.4 Å². The number of hydrogen-bond acceptors (Lipinski definition) is 3. The van der Waals surface area contributed by atoms with Crippen LogP contribution in [-0.4, -0.2) is 11.3 Å². The first-order valence-electron chi connectivity index (χ1n) is 8.17. The van der Waals surface area contributed by atoms with Crippen molar-refractivity contribution in [1.82, 2.24) is 4.98 Å². The van der Waals surface area contributed by atoms with E-state index in [0.717, 1.165) is 17.0 Å². The first-order valence-corrected chi connectivity index (χ1v) is 9.25. The summed E-state index contributed by atoms with van der Waals surface area (Å²) in [5.74, 6) is 0.532. The molecule has 2 aromatic carbocycles. The van der Waals surface area contributed by atoms with E-state index in [1.54, 1.807) is 24.3 Å². The van der Waals surface area contributed by atoms with E-state index >= 15 is 0 Å². The molecule has 0 saturated heterocycles. The van der Waals surface area contributed by atoms with Crippen LogP contribution < -0.4 is 14.9 Å². The van der Waals surface area contributed by atoms with Crippen LogP contribution >= 0.6 is 22.6 Å². The zero-order valence-corrected chi connectivity index (χ0v) is 17.0. The van der Waals surface area contributed by atoms with Crippen molar-refractivity contribution in [2.24, 2.45) is 0 Å². The molecule has 1 heterocycles. The molecular formula is C20H15F3INO3. The Kier molecular flexibility index (Phi) is 5.69. The summed E-state index contributed by atoms with van der Waals surface area (Å²) in [7, 11) is 0. The fourth-order valence-electron chi connectivity index (χ4n) is 2.73. The third kappa shape index (κ3) is 4.67. The van der Waals surface area contributed by atoms with Crippen LogP contribution in [-0.2, 0) is 0 Å². The fourth-order valence-corrected chi connectivity index (χ4v) is 3.14. The molecule has 0 radical (unpaired) electrons. The van der Waals surface area contributed by atoms with E-state index in [-0.39, 0.29) is 11.2 Å². The standard InChI is InChI=1S/C20H15F3INO3/c1-11-17(19(26)18(24)12(2)25-11)13-3-5-14(6-4-13)27-15-7-9-16(10-8-15)28-20(21,22)23/h3-10H,1-2H3,(H,25,26). The van der Waals surface area contributed by atoms with E-state index < -0.39 is 6.36 Å². The van der Waals surface area contributed by atoms with E-state index in [1.807, 2.05) is 36.4 Å². The van der Waals surface area contributed by atoms with Gasteiger partial charge in [-0.2, -0.15) is 0 Å². The molecule has 146 valence electrons. The second-order valence-electron chi connectivity index (χ2n) is 6.04. The summed E-state index contributed by atoms with van der Waals surface area (Å²) in [5.41, 5.74) is 2.90. The number of aromatic amines is 1. The molecule has 0 unspecified atom stereocenters. The third-order valence-electron chi connectivity index (χ3n) is 3.94. The van der Waals surface area contributed by atoms with E-state index in [0.29, 0.717) is 20.6 Å². The normalized spacial score (nSPS) is 11.4. The van der Waals surface area contributed by atoms with Crippen molar-refractivity contribution in [3.63, 3.8) is 0 Å². The lowest BCUT2D eigenvalue weighted by atomic mass is 10.0. The summed E-state index contributed by atoms with van der Waals surface area (Å²) < 4.78 is 46.7. The van der Waals surface area contributed by atoms with Gasteiger partial charge in [-0.3, -0.25) is 4.79 Å². The number of H-pyrrole nitrogens is 1. The number of nitrogens with one attached hydrogen (secondary N) is 1. The average Bonchev–Trinajstić information content (AvgIpc) is 2.62. The smallest absolute Gasteiger partial charge is 0.457 e. The number of benzene rings is 2. The van der Waals surface area contributed by atoms with Crippen LogP contribution in [0.2, 0.25) is 0 Å². The van der Waals surface area contributed by atoms with Gasteiger partial charge in [0.15, 0.2) is 0 Å². The number of halogens is 4. The molecule has 0 bridgehead atoms. The summed E-state index contributed by atoms with van der Waals surface area (Å²) in [6, 6.07) is 12.0. The van der Waals surface area contributed by atoms with Crippen LogP contribution in [0.15, 0.2) is 53.3 Å². The van der Waals surface area contributed by atoms with Gasteiger partial charge in [-0.25, -0.2) is 0 Å². The molecule has 0 fully saturated rings. The van der Waals surface area contributed by atoms with Crippen LogP contribution in [0.1, 0.15) is 11.4 Å². The summed E-state index contributed by atoms with van der Waals surface area (Å²) >= 11 is 2.02. The van der Waals surface area contributed by atoms with Crippen molar-refractivity contribution in [3.05, 3.63) is 73.7 Å². The molecule has 0 amide bonds. The number of ether oxygens (including phenoxy) is 2. The molecule has 3 aromatic rings. The van der Waals surface area contributed by atoms with E-state index in [1.165, 1.54) is 24.3 Å². The Labute approximate surface area is 172 Å². The maximum atomic E-state index is 12.6. The van der Waals surface area contributed by atoms with Gasteiger partial charge in [0.05, 0.1) is 3.57 Å². The molecule has 28 heavy (non-hydrogen) atoms. The molecule has 1 aromatic heterocycles.